The van der Waals surface area contributed by atoms with Gasteiger partial charge in [0, 0.05) is 17.8 Å². The number of benzene rings is 1. The molecule has 2 nitrogen and oxygen atoms in total. The van der Waals surface area contributed by atoms with Crippen molar-refractivity contribution in [2.45, 2.75) is 45.6 Å². The number of anilines is 1. The van der Waals surface area contributed by atoms with Crippen molar-refractivity contribution in [3.63, 3.8) is 0 Å². The Morgan fingerprint density at radius 1 is 1.26 bits per heavy atom. The Balaban J connectivity index is 2.21. The molecule has 0 amide bonds. The van der Waals surface area contributed by atoms with E-state index in [4.69, 9.17) is 0 Å². The van der Waals surface area contributed by atoms with Crippen LogP contribution in [0.3, 0.4) is 0 Å². The van der Waals surface area contributed by atoms with Gasteiger partial charge in [-0.3, -0.25) is 0 Å². The molecule has 2 rings (SSSR count). The van der Waals surface area contributed by atoms with Gasteiger partial charge in [-0.05, 0) is 70.3 Å². The summed E-state index contributed by atoms with van der Waals surface area (Å²) in [6.45, 7) is 9.28. The molecule has 106 valence electrons. The molecular weight excluding hydrogens is 232 g/mol. The highest BCUT2D eigenvalue weighted by Gasteiger charge is 2.37. The van der Waals surface area contributed by atoms with Gasteiger partial charge in [0.1, 0.15) is 0 Å². The fraction of sp³-hybridized carbons (Fsp3) is 0.647. The third-order valence-corrected chi connectivity index (χ3v) is 4.74. The van der Waals surface area contributed by atoms with Crippen molar-refractivity contribution < 1.29 is 0 Å². The van der Waals surface area contributed by atoms with Gasteiger partial charge >= 0.3 is 0 Å². The van der Waals surface area contributed by atoms with Gasteiger partial charge in [0.05, 0.1) is 0 Å². The van der Waals surface area contributed by atoms with E-state index in [1.54, 1.807) is 0 Å². The molecular formula is C17H28N2. The molecule has 19 heavy (non-hydrogen) atoms. The maximum absolute atomic E-state index is 3.36. The molecule has 0 aliphatic carbocycles. The molecule has 1 aromatic carbocycles. The minimum Gasteiger partial charge on any atom is -0.366 e. The van der Waals surface area contributed by atoms with E-state index in [0.717, 1.165) is 18.9 Å². The van der Waals surface area contributed by atoms with Crippen molar-refractivity contribution in [1.29, 1.82) is 0 Å². The Morgan fingerprint density at radius 3 is 2.53 bits per heavy atom. The van der Waals surface area contributed by atoms with Crippen LogP contribution in [0.15, 0.2) is 24.3 Å². The van der Waals surface area contributed by atoms with Crippen LogP contribution in [-0.2, 0) is 6.42 Å². The standard InChI is InChI=1S/C17H28N2/c1-5-14-8-10-16(11-9-14)19-12-6-7-15(13-18-4)17(19,2)3/h8-11,15,18H,5-7,12-13H2,1-4H3. The van der Waals surface area contributed by atoms with E-state index in [0.29, 0.717) is 0 Å². The van der Waals surface area contributed by atoms with Crippen molar-refractivity contribution >= 4 is 5.69 Å². The quantitative estimate of drug-likeness (QED) is 0.892. The van der Waals surface area contributed by atoms with E-state index in [1.165, 1.54) is 30.6 Å². The first kappa shape index (κ1) is 14.4. The normalized spacial score (nSPS) is 22.5. The van der Waals surface area contributed by atoms with Gasteiger partial charge in [0.25, 0.3) is 0 Å². The summed E-state index contributed by atoms with van der Waals surface area (Å²) in [7, 11) is 2.06. The topological polar surface area (TPSA) is 15.3 Å². The maximum Gasteiger partial charge on any atom is 0.0386 e. The Kier molecular flexibility index (Phi) is 4.51. The monoisotopic (exact) mass is 260 g/mol. The van der Waals surface area contributed by atoms with Crippen molar-refractivity contribution in [2.24, 2.45) is 5.92 Å². The van der Waals surface area contributed by atoms with Crippen LogP contribution in [-0.4, -0.2) is 25.7 Å². The van der Waals surface area contributed by atoms with Crippen molar-refractivity contribution in [2.75, 3.05) is 25.0 Å². The summed E-state index contributed by atoms with van der Waals surface area (Å²) >= 11 is 0. The second-order valence-corrected chi connectivity index (χ2v) is 6.22. The molecule has 1 saturated heterocycles. The van der Waals surface area contributed by atoms with Crippen LogP contribution in [0.4, 0.5) is 5.69 Å². The van der Waals surface area contributed by atoms with Crippen LogP contribution in [0.2, 0.25) is 0 Å². The molecule has 1 unspecified atom stereocenters. The van der Waals surface area contributed by atoms with E-state index in [2.05, 4.69) is 62.3 Å². The smallest absolute Gasteiger partial charge is 0.0386 e. The Morgan fingerprint density at radius 2 is 1.95 bits per heavy atom. The number of hydrogen-bond donors (Lipinski definition) is 1. The van der Waals surface area contributed by atoms with E-state index < -0.39 is 0 Å². The van der Waals surface area contributed by atoms with Crippen LogP contribution in [0.1, 0.15) is 39.2 Å². The van der Waals surface area contributed by atoms with Gasteiger partial charge in [0.15, 0.2) is 0 Å². The first-order valence-electron chi connectivity index (χ1n) is 7.60. The van der Waals surface area contributed by atoms with E-state index in [-0.39, 0.29) is 5.54 Å². The lowest BCUT2D eigenvalue weighted by Crippen LogP contribution is -2.55. The van der Waals surface area contributed by atoms with Crippen molar-refractivity contribution in [3.8, 4) is 0 Å². The Hall–Kier alpha value is -1.02. The predicted molar refractivity (Wildman–Crippen MR) is 83.9 cm³/mol. The highest BCUT2D eigenvalue weighted by Crippen LogP contribution is 2.36. The second kappa shape index (κ2) is 5.96. The number of aryl methyl sites for hydroxylation is 1. The summed E-state index contributed by atoms with van der Waals surface area (Å²) in [6.07, 6.45) is 3.74. The molecule has 0 aromatic heterocycles. The van der Waals surface area contributed by atoms with E-state index >= 15 is 0 Å². The zero-order chi connectivity index (χ0) is 13.9. The average molecular weight is 260 g/mol. The lowest BCUT2D eigenvalue weighted by molar-refractivity contribution is 0.235. The molecule has 2 heteroatoms. The molecule has 1 aliphatic heterocycles. The molecule has 0 bridgehead atoms. The minimum atomic E-state index is 0.231. The summed E-state index contributed by atoms with van der Waals surface area (Å²) in [4.78, 5) is 2.60. The first-order valence-corrected chi connectivity index (χ1v) is 7.60. The van der Waals surface area contributed by atoms with Gasteiger partial charge in [-0.2, -0.15) is 0 Å². The third kappa shape index (κ3) is 2.94. The molecule has 1 N–H and O–H groups in total. The van der Waals surface area contributed by atoms with Gasteiger partial charge in [-0.15, -0.1) is 0 Å². The predicted octanol–water partition coefficient (Wildman–Crippen LogP) is 3.46. The SMILES string of the molecule is CCc1ccc(N2CCCC(CNC)C2(C)C)cc1. The first-order chi connectivity index (χ1) is 9.09. The number of nitrogens with one attached hydrogen (secondary N) is 1. The molecule has 0 radical (unpaired) electrons. The van der Waals surface area contributed by atoms with Gasteiger partial charge in [-0.1, -0.05) is 19.1 Å². The van der Waals surface area contributed by atoms with Crippen molar-refractivity contribution in [3.05, 3.63) is 29.8 Å². The molecule has 1 aromatic rings. The molecule has 1 aliphatic rings. The van der Waals surface area contributed by atoms with Gasteiger partial charge in [-0.25, -0.2) is 0 Å². The summed E-state index contributed by atoms with van der Waals surface area (Å²) < 4.78 is 0. The summed E-state index contributed by atoms with van der Waals surface area (Å²) in [6, 6.07) is 9.13. The van der Waals surface area contributed by atoms with Crippen LogP contribution in [0.5, 0.6) is 0 Å². The zero-order valence-electron chi connectivity index (χ0n) is 12.9. The zero-order valence-corrected chi connectivity index (χ0v) is 12.9. The molecule has 0 spiro atoms. The lowest BCUT2D eigenvalue weighted by atomic mass is 9.78. The lowest BCUT2D eigenvalue weighted by Gasteiger charge is -2.49. The third-order valence-electron chi connectivity index (χ3n) is 4.74. The minimum absolute atomic E-state index is 0.231. The average Bonchev–Trinajstić information content (AvgIpc) is 2.41. The fourth-order valence-electron chi connectivity index (χ4n) is 3.33. The Labute approximate surface area is 118 Å². The fourth-order valence-corrected chi connectivity index (χ4v) is 3.33. The summed E-state index contributed by atoms with van der Waals surface area (Å²) in [5, 5.41) is 3.36. The number of rotatable bonds is 4. The molecule has 1 atom stereocenters. The molecule has 1 heterocycles. The summed E-state index contributed by atoms with van der Waals surface area (Å²) in [5.41, 5.74) is 3.03. The second-order valence-electron chi connectivity index (χ2n) is 6.22. The summed E-state index contributed by atoms with van der Waals surface area (Å²) in [5.74, 6) is 0.720. The highest BCUT2D eigenvalue weighted by molar-refractivity contribution is 5.50. The highest BCUT2D eigenvalue weighted by atomic mass is 15.2. The number of hydrogen-bond acceptors (Lipinski definition) is 2. The largest absolute Gasteiger partial charge is 0.366 e. The molecule has 1 fully saturated rings. The van der Waals surface area contributed by atoms with Crippen LogP contribution in [0, 0.1) is 5.92 Å². The van der Waals surface area contributed by atoms with E-state index in [9.17, 15) is 0 Å². The molecule has 0 saturated carbocycles. The van der Waals surface area contributed by atoms with Crippen LogP contribution in [0.25, 0.3) is 0 Å². The van der Waals surface area contributed by atoms with E-state index in [1.807, 2.05) is 0 Å². The van der Waals surface area contributed by atoms with Crippen molar-refractivity contribution in [1.82, 2.24) is 5.32 Å². The Bertz CT molecular complexity index is 392. The van der Waals surface area contributed by atoms with Crippen LogP contribution < -0.4 is 10.2 Å². The number of nitrogens with zero attached hydrogens (tertiary/aromatic N) is 1. The maximum atomic E-state index is 3.36. The van der Waals surface area contributed by atoms with Crippen LogP contribution >= 0.6 is 0 Å². The van der Waals surface area contributed by atoms with Gasteiger partial charge < -0.3 is 10.2 Å². The van der Waals surface area contributed by atoms with Gasteiger partial charge in [0.2, 0.25) is 0 Å². The number of piperidine rings is 1.